The van der Waals surface area contributed by atoms with Crippen LogP contribution in [-0.2, 0) is 15.8 Å². The topological polar surface area (TPSA) is 57.6 Å². The first kappa shape index (κ1) is 23.5. The molecule has 1 heterocycles. The van der Waals surface area contributed by atoms with E-state index in [-0.39, 0.29) is 10.2 Å². The van der Waals surface area contributed by atoms with Crippen molar-refractivity contribution in [3.63, 3.8) is 0 Å². The molecular weight excluding hydrogens is 471 g/mol. The summed E-state index contributed by atoms with van der Waals surface area (Å²) in [5.41, 5.74) is 0.989. The van der Waals surface area contributed by atoms with Gasteiger partial charge >= 0.3 is 12.1 Å². The fourth-order valence-corrected chi connectivity index (χ4v) is 5.64. The molecule has 0 radical (unpaired) electrons. The number of hydrogen-bond acceptors (Lipinski definition) is 4. The molecule has 1 N–H and O–H groups in total. The van der Waals surface area contributed by atoms with E-state index in [0.717, 1.165) is 49.6 Å². The molecule has 1 aliphatic carbocycles. The van der Waals surface area contributed by atoms with Crippen molar-refractivity contribution in [3.8, 4) is 11.1 Å². The van der Waals surface area contributed by atoms with Crippen LogP contribution in [0.25, 0.3) is 17.2 Å². The molecule has 1 saturated carbocycles. The molecule has 0 spiro atoms. The van der Waals surface area contributed by atoms with Crippen molar-refractivity contribution in [3.05, 3.63) is 64.6 Å². The number of halogens is 3. The maximum absolute atomic E-state index is 13.0. The van der Waals surface area contributed by atoms with Crippen molar-refractivity contribution in [2.24, 2.45) is 5.92 Å². The van der Waals surface area contributed by atoms with Crippen molar-refractivity contribution in [1.82, 2.24) is 4.90 Å². The first-order valence-electron chi connectivity index (χ1n) is 10.4. The van der Waals surface area contributed by atoms with Crippen LogP contribution >= 0.6 is 24.0 Å². The number of carboxylic acid groups (broad SMARTS) is 1. The number of carbonyl (C=O) groups is 2. The minimum absolute atomic E-state index is 0.115. The number of alkyl halides is 3. The van der Waals surface area contributed by atoms with Gasteiger partial charge in [0.1, 0.15) is 10.4 Å². The second kappa shape index (κ2) is 9.30. The van der Waals surface area contributed by atoms with Crippen LogP contribution in [0.15, 0.2) is 53.4 Å². The average molecular weight is 492 g/mol. The summed E-state index contributed by atoms with van der Waals surface area (Å²) >= 11 is 6.41. The van der Waals surface area contributed by atoms with Crippen molar-refractivity contribution in [2.45, 2.75) is 37.9 Å². The van der Waals surface area contributed by atoms with Crippen LogP contribution in [0.2, 0.25) is 0 Å². The van der Waals surface area contributed by atoms with E-state index in [1.54, 1.807) is 36.4 Å². The van der Waals surface area contributed by atoms with E-state index in [4.69, 9.17) is 12.2 Å². The van der Waals surface area contributed by atoms with Gasteiger partial charge in [0, 0.05) is 0 Å². The van der Waals surface area contributed by atoms with Crippen LogP contribution in [-0.4, -0.2) is 32.2 Å². The Balaban J connectivity index is 1.56. The molecule has 4 nitrogen and oxygen atoms in total. The monoisotopic (exact) mass is 491 g/mol. The number of thiocarbonyl (C=S) groups is 1. The van der Waals surface area contributed by atoms with Gasteiger partial charge in [0.2, 0.25) is 0 Å². The molecule has 0 bridgehead atoms. The Hall–Kier alpha value is -2.65. The third-order valence-corrected chi connectivity index (χ3v) is 7.26. The SMILES string of the molecule is O=C(O)C(C1CCCC1)N1C(=O)C(=Cc2ccc(-c3cccc(C(F)(F)F)c3)cc2)SC1=S. The molecule has 0 aromatic heterocycles. The fraction of sp³-hybridized carbons (Fsp3) is 0.292. The predicted molar refractivity (Wildman–Crippen MR) is 125 cm³/mol. The minimum Gasteiger partial charge on any atom is -0.480 e. The van der Waals surface area contributed by atoms with Crippen molar-refractivity contribution in [1.29, 1.82) is 0 Å². The maximum Gasteiger partial charge on any atom is 0.416 e. The van der Waals surface area contributed by atoms with Gasteiger partial charge in [0.15, 0.2) is 0 Å². The summed E-state index contributed by atoms with van der Waals surface area (Å²) < 4.78 is 39.2. The maximum atomic E-state index is 13.0. The fourth-order valence-electron chi connectivity index (χ4n) is 4.31. The molecule has 172 valence electrons. The summed E-state index contributed by atoms with van der Waals surface area (Å²) in [7, 11) is 0. The number of carboxylic acids is 1. The lowest BCUT2D eigenvalue weighted by molar-refractivity contribution is -0.147. The molecule has 2 fully saturated rings. The molecule has 1 amide bonds. The summed E-state index contributed by atoms with van der Waals surface area (Å²) in [5, 5.41) is 9.76. The zero-order chi connectivity index (χ0) is 23.8. The lowest BCUT2D eigenvalue weighted by Gasteiger charge is -2.27. The van der Waals surface area contributed by atoms with Crippen molar-refractivity contribution < 1.29 is 27.9 Å². The molecule has 2 aromatic rings. The van der Waals surface area contributed by atoms with Gasteiger partial charge in [-0.25, -0.2) is 4.79 Å². The van der Waals surface area contributed by atoms with Crippen LogP contribution in [0.4, 0.5) is 13.2 Å². The molecule has 1 saturated heterocycles. The Kier molecular flexibility index (Phi) is 6.63. The molecule has 2 aromatic carbocycles. The molecule has 9 heteroatoms. The van der Waals surface area contributed by atoms with E-state index in [1.807, 2.05) is 0 Å². The van der Waals surface area contributed by atoms with Gasteiger partial charge in [-0.05, 0) is 53.7 Å². The summed E-state index contributed by atoms with van der Waals surface area (Å²) in [4.78, 5) is 26.5. The Morgan fingerprint density at radius 2 is 1.79 bits per heavy atom. The molecule has 4 rings (SSSR count). The van der Waals surface area contributed by atoms with Crippen LogP contribution in [0.3, 0.4) is 0 Å². The smallest absolute Gasteiger partial charge is 0.416 e. The zero-order valence-corrected chi connectivity index (χ0v) is 19.0. The molecule has 1 atom stereocenters. The zero-order valence-electron chi connectivity index (χ0n) is 17.3. The minimum atomic E-state index is -4.42. The number of carbonyl (C=O) groups excluding carboxylic acids is 1. The third-order valence-electron chi connectivity index (χ3n) is 5.93. The van der Waals surface area contributed by atoms with E-state index in [0.29, 0.717) is 21.6 Å². The first-order chi connectivity index (χ1) is 15.6. The van der Waals surface area contributed by atoms with Gasteiger partial charge in [-0.15, -0.1) is 0 Å². The molecule has 33 heavy (non-hydrogen) atoms. The van der Waals surface area contributed by atoms with E-state index in [2.05, 4.69) is 0 Å². The van der Waals surface area contributed by atoms with Gasteiger partial charge in [-0.2, -0.15) is 13.2 Å². The van der Waals surface area contributed by atoms with Crippen LogP contribution < -0.4 is 0 Å². The average Bonchev–Trinajstić information content (AvgIpc) is 3.38. The quantitative estimate of drug-likeness (QED) is 0.398. The lowest BCUT2D eigenvalue weighted by Crippen LogP contribution is -2.47. The van der Waals surface area contributed by atoms with Gasteiger partial charge < -0.3 is 5.11 Å². The standard InChI is InChI=1S/C24H20F3NO3S2/c25-24(26,27)18-7-3-6-17(13-18)15-10-8-14(9-11-15)12-19-21(29)28(23(32)33-19)20(22(30)31)16-4-1-2-5-16/h3,6-13,16,20H,1-2,4-5H2,(H,30,31). The van der Waals surface area contributed by atoms with Gasteiger partial charge in [-0.1, -0.05) is 73.2 Å². The Morgan fingerprint density at radius 1 is 1.12 bits per heavy atom. The van der Waals surface area contributed by atoms with Gasteiger partial charge in [-0.3, -0.25) is 9.69 Å². The van der Waals surface area contributed by atoms with Crippen molar-refractivity contribution in [2.75, 3.05) is 0 Å². The summed E-state index contributed by atoms with van der Waals surface area (Å²) in [6.07, 6.45) is 0.600. The first-order valence-corrected chi connectivity index (χ1v) is 11.6. The van der Waals surface area contributed by atoms with E-state index in [1.165, 1.54) is 11.0 Å². The van der Waals surface area contributed by atoms with Gasteiger partial charge in [0.25, 0.3) is 5.91 Å². The number of aliphatic carboxylic acids is 1. The number of thioether (sulfide) groups is 1. The van der Waals surface area contributed by atoms with Crippen LogP contribution in [0, 0.1) is 5.92 Å². The normalized spacial score (nSPS) is 19.5. The van der Waals surface area contributed by atoms with Crippen molar-refractivity contribution >= 4 is 46.3 Å². The largest absolute Gasteiger partial charge is 0.480 e. The van der Waals surface area contributed by atoms with Gasteiger partial charge in [0.05, 0.1) is 10.5 Å². The summed E-state index contributed by atoms with van der Waals surface area (Å²) in [5.74, 6) is -1.59. The van der Waals surface area contributed by atoms with Crippen LogP contribution in [0.1, 0.15) is 36.8 Å². The number of nitrogens with zero attached hydrogens (tertiary/aromatic N) is 1. The highest BCUT2D eigenvalue weighted by Gasteiger charge is 2.44. The Labute approximate surface area is 198 Å². The number of rotatable bonds is 5. The highest BCUT2D eigenvalue weighted by Crippen LogP contribution is 2.39. The second-order valence-electron chi connectivity index (χ2n) is 8.08. The number of hydrogen-bond donors (Lipinski definition) is 1. The molecule has 1 unspecified atom stereocenters. The molecule has 1 aliphatic heterocycles. The Morgan fingerprint density at radius 3 is 2.39 bits per heavy atom. The predicted octanol–water partition coefficient (Wildman–Crippen LogP) is 6.22. The second-order valence-corrected chi connectivity index (χ2v) is 9.76. The van der Waals surface area contributed by atoms with Crippen LogP contribution in [0.5, 0.6) is 0 Å². The number of benzene rings is 2. The van der Waals surface area contributed by atoms with E-state index < -0.39 is 29.7 Å². The van der Waals surface area contributed by atoms with E-state index in [9.17, 15) is 27.9 Å². The third kappa shape index (κ3) is 4.99. The Bertz CT molecular complexity index is 1120. The summed E-state index contributed by atoms with van der Waals surface area (Å²) in [6, 6.07) is 10.9. The highest BCUT2D eigenvalue weighted by atomic mass is 32.2. The number of amides is 1. The highest BCUT2D eigenvalue weighted by molar-refractivity contribution is 8.26. The lowest BCUT2D eigenvalue weighted by atomic mass is 9.97. The molecule has 2 aliphatic rings. The summed E-state index contributed by atoms with van der Waals surface area (Å²) in [6.45, 7) is 0. The van der Waals surface area contributed by atoms with E-state index >= 15 is 0 Å². The molecular formula is C24H20F3NO3S2.